The first kappa shape index (κ1) is 23.3. The molecular weight excluding hydrogens is 424 g/mol. The second kappa shape index (κ2) is 9.56. The number of hydrogen-bond acceptors (Lipinski definition) is 3. The monoisotopic (exact) mass is 454 g/mol. The molecule has 0 aliphatic carbocycles. The minimum Gasteiger partial charge on any atom is -0.449 e. The summed E-state index contributed by atoms with van der Waals surface area (Å²) in [5.41, 5.74) is 4.57. The van der Waals surface area contributed by atoms with Gasteiger partial charge in [-0.1, -0.05) is 87.0 Å². The van der Waals surface area contributed by atoms with Gasteiger partial charge in [-0.25, -0.2) is 0 Å². The first-order valence-corrected chi connectivity index (χ1v) is 11.4. The van der Waals surface area contributed by atoms with E-state index in [9.17, 15) is 9.59 Å². The van der Waals surface area contributed by atoms with Crippen molar-refractivity contribution < 1.29 is 14.3 Å². The molecule has 3 aromatic rings. The lowest BCUT2D eigenvalue weighted by atomic mass is 9.86. The standard InChI is InChI=1S/C29H30N2O3/c1-20-10-12-22(13-11-20)18-30-27(32)19-31-24-17-23(29(2,3)4)14-15-25(24)34-26(28(31)33)16-21-8-6-5-7-9-21/h5-17H,18-19H2,1-4H3,(H,30,32)/b26-16-. The number of hydrogen-bond donors (Lipinski definition) is 1. The summed E-state index contributed by atoms with van der Waals surface area (Å²) in [6.07, 6.45) is 1.71. The van der Waals surface area contributed by atoms with E-state index in [0.29, 0.717) is 18.0 Å². The summed E-state index contributed by atoms with van der Waals surface area (Å²) in [7, 11) is 0. The third-order valence-electron chi connectivity index (χ3n) is 5.80. The molecule has 3 aromatic carbocycles. The summed E-state index contributed by atoms with van der Waals surface area (Å²) in [5.74, 6) is 0.171. The summed E-state index contributed by atoms with van der Waals surface area (Å²) in [4.78, 5) is 27.8. The molecule has 34 heavy (non-hydrogen) atoms. The number of benzene rings is 3. The number of rotatable bonds is 5. The lowest BCUT2D eigenvalue weighted by Crippen LogP contribution is -2.44. The van der Waals surface area contributed by atoms with Crippen molar-refractivity contribution in [2.24, 2.45) is 0 Å². The van der Waals surface area contributed by atoms with Gasteiger partial charge in [0.1, 0.15) is 6.54 Å². The lowest BCUT2D eigenvalue weighted by Gasteiger charge is -2.32. The SMILES string of the molecule is Cc1ccc(CNC(=O)CN2C(=O)/C(=C/c3ccccc3)Oc3ccc(C(C)(C)C)cc32)cc1. The Bertz CT molecular complexity index is 1220. The molecule has 0 spiro atoms. The fourth-order valence-electron chi connectivity index (χ4n) is 3.74. The summed E-state index contributed by atoms with van der Waals surface area (Å²) >= 11 is 0. The van der Waals surface area contributed by atoms with Gasteiger partial charge >= 0.3 is 0 Å². The van der Waals surface area contributed by atoms with E-state index in [-0.39, 0.29) is 29.5 Å². The normalized spacial score (nSPS) is 14.5. The summed E-state index contributed by atoms with van der Waals surface area (Å²) < 4.78 is 6.01. The van der Waals surface area contributed by atoms with E-state index in [0.717, 1.165) is 22.3 Å². The highest BCUT2D eigenvalue weighted by atomic mass is 16.5. The van der Waals surface area contributed by atoms with Crippen LogP contribution < -0.4 is 15.0 Å². The van der Waals surface area contributed by atoms with Gasteiger partial charge in [0.25, 0.3) is 5.91 Å². The van der Waals surface area contributed by atoms with Crippen molar-refractivity contribution in [3.63, 3.8) is 0 Å². The molecule has 5 heteroatoms. The molecule has 174 valence electrons. The Balaban J connectivity index is 1.62. The Morgan fingerprint density at radius 3 is 2.38 bits per heavy atom. The molecule has 0 bridgehead atoms. The first-order chi connectivity index (χ1) is 16.2. The highest BCUT2D eigenvalue weighted by molar-refractivity contribution is 6.12. The Labute approximate surface area is 201 Å². The molecule has 0 radical (unpaired) electrons. The van der Waals surface area contributed by atoms with Crippen LogP contribution in [0.3, 0.4) is 0 Å². The van der Waals surface area contributed by atoms with Crippen molar-refractivity contribution in [3.05, 3.63) is 101 Å². The van der Waals surface area contributed by atoms with Gasteiger partial charge in [0.2, 0.25) is 5.91 Å². The third kappa shape index (κ3) is 5.37. The molecule has 0 atom stereocenters. The minimum atomic E-state index is -0.340. The van der Waals surface area contributed by atoms with Gasteiger partial charge in [0, 0.05) is 6.54 Å². The van der Waals surface area contributed by atoms with E-state index in [1.807, 2.05) is 79.7 Å². The predicted molar refractivity (Wildman–Crippen MR) is 136 cm³/mol. The number of amides is 2. The van der Waals surface area contributed by atoms with Crippen molar-refractivity contribution in [1.82, 2.24) is 5.32 Å². The number of ether oxygens (including phenoxy) is 1. The molecule has 0 fully saturated rings. The molecule has 0 aromatic heterocycles. The number of anilines is 1. The maximum absolute atomic E-state index is 13.5. The Morgan fingerprint density at radius 1 is 1.00 bits per heavy atom. The summed E-state index contributed by atoms with van der Waals surface area (Å²) in [5, 5.41) is 2.93. The van der Waals surface area contributed by atoms with Crippen LogP contribution in [-0.2, 0) is 21.5 Å². The molecule has 0 saturated heterocycles. The lowest BCUT2D eigenvalue weighted by molar-refractivity contribution is -0.123. The van der Waals surface area contributed by atoms with Gasteiger partial charge in [0.05, 0.1) is 5.69 Å². The second-order valence-electron chi connectivity index (χ2n) is 9.61. The number of nitrogens with one attached hydrogen (secondary N) is 1. The maximum atomic E-state index is 13.5. The topological polar surface area (TPSA) is 58.6 Å². The average molecular weight is 455 g/mol. The number of nitrogens with zero attached hydrogens (tertiary/aromatic N) is 1. The zero-order valence-electron chi connectivity index (χ0n) is 20.1. The minimum absolute atomic E-state index is 0.0964. The van der Waals surface area contributed by atoms with Crippen molar-refractivity contribution in [2.75, 3.05) is 11.4 Å². The number of fused-ring (bicyclic) bond motifs is 1. The molecular formula is C29H30N2O3. The molecule has 0 unspecified atom stereocenters. The molecule has 0 saturated carbocycles. The van der Waals surface area contributed by atoms with E-state index < -0.39 is 0 Å². The van der Waals surface area contributed by atoms with Crippen LogP contribution in [0.25, 0.3) is 6.08 Å². The summed E-state index contributed by atoms with van der Waals surface area (Å²) in [6, 6.07) is 23.3. The van der Waals surface area contributed by atoms with Crippen LogP contribution in [0.5, 0.6) is 5.75 Å². The van der Waals surface area contributed by atoms with Gasteiger partial charge in [-0.2, -0.15) is 0 Å². The quantitative estimate of drug-likeness (QED) is 0.527. The molecule has 2 amide bonds. The maximum Gasteiger partial charge on any atom is 0.294 e. The van der Waals surface area contributed by atoms with E-state index in [2.05, 4.69) is 26.1 Å². The Hall–Kier alpha value is -3.86. The summed E-state index contributed by atoms with van der Waals surface area (Å²) in [6.45, 7) is 8.66. The molecule has 1 aliphatic rings. The molecule has 1 aliphatic heterocycles. The average Bonchev–Trinajstić information content (AvgIpc) is 2.81. The highest BCUT2D eigenvalue weighted by Crippen LogP contribution is 2.39. The van der Waals surface area contributed by atoms with Crippen LogP contribution in [-0.4, -0.2) is 18.4 Å². The van der Waals surface area contributed by atoms with Crippen LogP contribution in [0.4, 0.5) is 5.69 Å². The van der Waals surface area contributed by atoms with E-state index in [4.69, 9.17) is 4.74 Å². The fourth-order valence-corrected chi connectivity index (χ4v) is 3.74. The van der Waals surface area contributed by atoms with E-state index in [1.165, 1.54) is 4.90 Å². The van der Waals surface area contributed by atoms with Crippen molar-refractivity contribution in [1.29, 1.82) is 0 Å². The van der Waals surface area contributed by atoms with Crippen molar-refractivity contribution in [2.45, 2.75) is 39.7 Å². The molecule has 5 nitrogen and oxygen atoms in total. The molecule has 4 rings (SSSR count). The third-order valence-corrected chi connectivity index (χ3v) is 5.80. The van der Waals surface area contributed by atoms with Crippen LogP contribution >= 0.6 is 0 Å². The van der Waals surface area contributed by atoms with Crippen molar-refractivity contribution >= 4 is 23.6 Å². The van der Waals surface area contributed by atoms with Gasteiger partial charge in [0.15, 0.2) is 11.5 Å². The van der Waals surface area contributed by atoms with E-state index >= 15 is 0 Å². The van der Waals surface area contributed by atoms with Crippen LogP contribution in [0.1, 0.15) is 43.0 Å². The highest BCUT2D eigenvalue weighted by Gasteiger charge is 2.33. The number of carbonyl (C=O) groups is 2. The van der Waals surface area contributed by atoms with Gasteiger partial charge < -0.3 is 10.1 Å². The van der Waals surface area contributed by atoms with Crippen LogP contribution in [0, 0.1) is 6.92 Å². The van der Waals surface area contributed by atoms with Crippen LogP contribution in [0.2, 0.25) is 0 Å². The van der Waals surface area contributed by atoms with Gasteiger partial charge in [-0.15, -0.1) is 0 Å². The number of aryl methyl sites for hydroxylation is 1. The Kier molecular flexibility index (Phi) is 6.55. The van der Waals surface area contributed by atoms with Crippen LogP contribution in [0.15, 0.2) is 78.6 Å². The van der Waals surface area contributed by atoms with Gasteiger partial charge in [-0.05, 0) is 47.2 Å². The number of carbonyl (C=O) groups excluding carboxylic acids is 2. The largest absolute Gasteiger partial charge is 0.449 e. The molecule has 1 heterocycles. The van der Waals surface area contributed by atoms with Crippen molar-refractivity contribution in [3.8, 4) is 5.75 Å². The zero-order chi connectivity index (χ0) is 24.3. The predicted octanol–water partition coefficient (Wildman–Crippen LogP) is 5.38. The second-order valence-corrected chi connectivity index (χ2v) is 9.61. The fraction of sp³-hybridized carbons (Fsp3) is 0.241. The first-order valence-electron chi connectivity index (χ1n) is 11.4. The molecule has 1 N–H and O–H groups in total. The zero-order valence-corrected chi connectivity index (χ0v) is 20.1. The van der Waals surface area contributed by atoms with E-state index in [1.54, 1.807) is 6.08 Å². The van der Waals surface area contributed by atoms with Gasteiger partial charge in [-0.3, -0.25) is 14.5 Å². The smallest absolute Gasteiger partial charge is 0.294 e. The Morgan fingerprint density at radius 2 is 1.71 bits per heavy atom.